The van der Waals surface area contributed by atoms with Gasteiger partial charge < -0.3 is 10.5 Å². The van der Waals surface area contributed by atoms with E-state index in [-0.39, 0.29) is 11.5 Å². The van der Waals surface area contributed by atoms with E-state index in [4.69, 9.17) is 10.5 Å². The highest BCUT2D eigenvalue weighted by Gasteiger charge is 2.64. The van der Waals surface area contributed by atoms with Crippen LogP contribution in [0.5, 0.6) is 0 Å². The first kappa shape index (κ1) is 16.1. The summed E-state index contributed by atoms with van der Waals surface area (Å²) in [6, 6.07) is 14.4. The van der Waals surface area contributed by atoms with Crippen LogP contribution in [0.1, 0.15) is 25.3 Å². The summed E-state index contributed by atoms with van der Waals surface area (Å²) in [5.74, 6) is -1.73. The fourth-order valence-electron chi connectivity index (χ4n) is 2.89. The van der Waals surface area contributed by atoms with Crippen molar-refractivity contribution in [2.24, 2.45) is 11.1 Å². The zero-order valence-corrected chi connectivity index (χ0v) is 12.7. The Morgan fingerprint density at radius 2 is 1.78 bits per heavy atom. The number of allylic oxidation sites excluding steroid dienone is 1. The Morgan fingerprint density at radius 1 is 1.22 bits per heavy atom. The van der Waals surface area contributed by atoms with Gasteiger partial charge in [-0.1, -0.05) is 30.3 Å². The first-order valence-electron chi connectivity index (χ1n) is 6.85. The van der Waals surface area contributed by atoms with E-state index in [1.54, 1.807) is 30.3 Å². The Morgan fingerprint density at radius 3 is 2.22 bits per heavy atom. The Labute approximate surface area is 134 Å². The normalized spacial score (nSPS) is 25.4. The fourth-order valence-corrected chi connectivity index (χ4v) is 2.89. The van der Waals surface area contributed by atoms with Crippen LogP contribution in [-0.2, 0) is 9.53 Å². The number of carbonyl (C=O) groups is 1. The largest absolute Gasteiger partial charge is 0.461 e. The van der Waals surface area contributed by atoms with E-state index in [0.29, 0.717) is 5.56 Å². The van der Waals surface area contributed by atoms with Gasteiger partial charge >= 0.3 is 0 Å². The summed E-state index contributed by atoms with van der Waals surface area (Å²) in [4.78, 5) is 12.2. The predicted octanol–water partition coefficient (Wildman–Crippen LogP) is 1.88. The second kappa shape index (κ2) is 5.48. The second-order valence-corrected chi connectivity index (χ2v) is 5.46. The zero-order chi connectivity index (χ0) is 17.3. The Kier molecular flexibility index (Phi) is 3.83. The maximum Gasteiger partial charge on any atom is 0.201 e. The second-order valence-electron chi connectivity index (χ2n) is 5.46. The van der Waals surface area contributed by atoms with Crippen molar-refractivity contribution in [2.45, 2.75) is 25.4 Å². The van der Waals surface area contributed by atoms with Gasteiger partial charge in [-0.15, -0.1) is 0 Å². The summed E-state index contributed by atoms with van der Waals surface area (Å²) in [5, 5.41) is 29.0. The molecular weight excluding hydrogens is 292 g/mol. The lowest BCUT2D eigenvalue weighted by Gasteiger charge is -2.45. The molecule has 0 aromatic heterocycles. The molecule has 0 aliphatic carbocycles. The number of nitrogens with two attached hydrogens (primary N) is 1. The van der Waals surface area contributed by atoms with Gasteiger partial charge in [0, 0.05) is 0 Å². The van der Waals surface area contributed by atoms with Gasteiger partial charge in [0.1, 0.15) is 6.07 Å². The van der Waals surface area contributed by atoms with Crippen LogP contribution in [0.2, 0.25) is 0 Å². The SMILES string of the molecule is CC(=O)[C@]1(C)OC(N)=C(C#N)[C@@H](c2ccccc2)C1(C#N)C#N. The van der Waals surface area contributed by atoms with Gasteiger partial charge in [-0.05, 0) is 19.4 Å². The molecule has 23 heavy (non-hydrogen) atoms. The summed E-state index contributed by atoms with van der Waals surface area (Å²) in [6.07, 6.45) is 0. The van der Waals surface area contributed by atoms with E-state index >= 15 is 0 Å². The molecule has 2 atom stereocenters. The van der Waals surface area contributed by atoms with Crippen molar-refractivity contribution in [3.05, 3.63) is 47.4 Å². The number of hydrogen-bond donors (Lipinski definition) is 1. The monoisotopic (exact) mass is 306 g/mol. The van der Waals surface area contributed by atoms with Gasteiger partial charge in [0.2, 0.25) is 5.41 Å². The number of ether oxygens (including phenoxy) is 1. The Balaban J connectivity index is 2.90. The molecule has 2 rings (SSSR count). The van der Waals surface area contributed by atoms with E-state index in [2.05, 4.69) is 0 Å². The lowest BCUT2D eigenvalue weighted by Crippen LogP contribution is -2.58. The summed E-state index contributed by atoms with van der Waals surface area (Å²) >= 11 is 0. The molecule has 1 aliphatic heterocycles. The number of benzene rings is 1. The molecule has 0 saturated heterocycles. The van der Waals surface area contributed by atoms with E-state index < -0.39 is 22.7 Å². The third kappa shape index (κ3) is 2.03. The zero-order valence-electron chi connectivity index (χ0n) is 12.7. The van der Waals surface area contributed by atoms with Crippen LogP contribution in [0.4, 0.5) is 0 Å². The Bertz CT molecular complexity index is 794. The van der Waals surface area contributed by atoms with Crippen molar-refractivity contribution < 1.29 is 9.53 Å². The third-order valence-corrected chi connectivity index (χ3v) is 4.33. The quantitative estimate of drug-likeness (QED) is 0.889. The molecule has 0 amide bonds. The highest BCUT2D eigenvalue weighted by atomic mass is 16.5. The van der Waals surface area contributed by atoms with Crippen LogP contribution in [0, 0.1) is 39.4 Å². The predicted molar refractivity (Wildman–Crippen MR) is 79.8 cm³/mol. The van der Waals surface area contributed by atoms with Gasteiger partial charge in [-0.2, -0.15) is 15.8 Å². The lowest BCUT2D eigenvalue weighted by atomic mass is 9.59. The van der Waals surface area contributed by atoms with Crippen molar-refractivity contribution in [3.8, 4) is 18.2 Å². The summed E-state index contributed by atoms with van der Waals surface area (Å²) < 4.78 is 5.43. The molecule has 1 aromatic rings. The van der Waals surface area contributed by atoms with E-state index in [1.165, 1.54) is 13.8 Å². The number of Topliss-reactive ketones (excluding diaryl/α,β-unsaturated/α-hetero) is 1. The van der Waals surface area contributed by atoms with Crippen LogP contribution in [0.25, 0.3) is 0 Å². The molecule has 0 bridgehead atoms. The maximum absolute atomic E-state index is 12.2. The van der Waals surface area contributed by atoms with Gasteiger partial charge in [0.05, 0.1) is 23.6 Å². The van der Waals surface area contributed by atoms with Crippen LogP contribution >= 0.6 is 0 Å². The minimum atomic E-state index is -1.91. The third-order valence-electron chi connectivity index (χ3n) is 4.33. The minimum Gasteiger partial charge on any atom is -0.461 e. The van der Waals surface area contributed by atoms with Gasteiger partial charge in [-0.3, -0.25) is 4.79 Å². The molecule has 0 unspecified atom stereocenters. The highest BCUT2D eigenvalue weighted by Crippen LogP contribution is 2.53. The number of ketones is 1. The fraction of sp³-hybridized carbons (Fsp3) is 0.294. The summed E-state index contributed by atoms with van der Waals surface area (Å²) in [5.41, 5.74) is 2.66. The molecule has 1 aliphatic rings. The standard InChI is InChI=1S/C17H14N4O2/c1-11(22)16(2)17(9-19,10-20)14(12-6-4-3-5-7-12)13(8-18)15(21)23-16/h3-7,14H,21H2,1-2H3/t14-,16+/m1/s1. The minimum absolute atomic E-state index is 0.0296. The smallest absolute Gasteiger partial charge is 0.201 e. The first-order valence-corrected chi connectivity index (χ1v) is 6.85. The van der Waals surface area contributed by atoms with Crippen LogP contribution in [-0.4, -0.2) is 11.4 Å². The molecule has 2 N–H and O–H groups in total. The van der Waals surface area contributed by atoms with Crippen molar-refractivity contribution in [1.82, 2.24) is 0 Å². The molecule has 0 radical (unpaired) electrons. The van der Waals surface area contributed by atoms with Crippen LogP contribution in [0.3, 0.4) is 0 Å². The van der Waals surface area contributed by atoms with E-state index in [0.717, 1.165) is 0 Å². The summed E-state index contributed by atoms with van der Waals surface area (Å²) in [6.45, 7) is 2.59. The Hall–Kier alpha value is -3.30. The average molecular weight is 306 g/mol. The molecular formula is C17H14N4O2. The van der Waals surface area contributed by atoms with Gasteiger partial charge in [0.15, 0.2) is 17.3 Å². The number of nitrogens with zero attached hydrogens (tertiary/aromatic N) is 3. The maximum atomic E-state index is 12.2. The molecule has 114 valence electrons. The molecule has 0 spiro atoms. The van der Waals surface area contributed by atoms with Crippen LogP contribution < -0.4 is 5.73 Å². The van der Waals surface area contributed by atoms with Crippen molar-refractivity contribution in [1.29, 1.82) is 15.8 Å². The molecule has 1 heterocycles. The lowest BCUT2D eigenvalue weighted by molar-refractivity contribution is -0.147. The number of rotatable bonds is 2. The topological polar surface area (TPSA) is 124 Å². The number of carbonyl (C=O) groups excluding carboxylic acids is 1. The van der Waals surface area contributed by atoms with Crippen LogP contribution in [0.15, 0.2) is 41.8 Å². The van der Waals surface area contributed by atoms with Crippen molar-refractivity contribution in [2.75, 3.05) is 0 Å². The van der Waals surface area contributed by atoms with Gasteiger partial charge in [-0.25, -0.2) is 0 Å². The first-order chi connectivity index (χ1) is 10.9. The molecule has 0 saturated carbocycles. The highest BCUT2D eigenvalue weighted by molar-refractivity contribution is 5.88. The molecule has 1 aromatic carbocycles. The van der Waals surface area contributed by atoms with Gasteiger partial charge in [0.25, 0.3) is 0 Å². The summed E-state index contributed by atoms with van der Waals surface area (Å²) in [7, 11) is 0. The number of hydrogen-bond acceptors (Lipinski definition) is 6. The molecule has 0 fully saturated rings. The number of nitriles is 3. The molecule has 6 nitrogen and oxygen atoms in total. The van der Waals surface area contributed by atoms with Crippen molar-refractivity contribution in [3.63, 3.8) is 0 Å². The average Bonchev–Trinajstić information content (AvgIpc) is 2.55. The van der Waals surface area contributed by atoms with E-state index in [1.807, 2.05) is 18.2 Å². The van der Waals surface area contributed by atoms with Crippen molar-refractivity contribution >= 4 is 5.78 Å². The van der Waals surface area contributed by atoms with E-state index in [9.17, 15) is 20.6 Å². The molecule has 6 heteroatoms.